The maximum atomic E-state index is 12.2. The fraction of sp³-hybridized carbons (Fsp3) is 0.160. The Morgan fingerprint density at radius 1 is 0.848 bits per heavy atom. The van der Waals surface area contributed by atoms with E-state index in [1.54, 1.807) is 38.3 Å². The van der Waals surface area contributed by atoms with Gasteiger partial charge < -0.3 is 20.1 Å². The van der Waals surface area contributed by atoms with E-state index in [4.69, 9.17) is 9.47 Å². The van der Waals surface area contributed by atoms with Crippen LogP contribution in [0.25, 0.3) is 0 Å². The molecule has 8 nitrogen and oxygen atoms in total. The molecule has 0 fully saturated rings. The number of benzene rings is 3. The molecule has 0 saturated heterocycles. The van der Waals surface area contributed by atoms with Crippen LogP contribution in [-0.2, 0) is 16.1 Å². The van der Waals surface area contributed by atoms with Crippen LogP contribution in [0.15, 0.2) is 84.0 Å². The van der Waals surface area contributed by atoms with Gasteiger partial charge in [-0.15, -0.1) is 0 Å². The number of nitrogens with one attached hydrogen (secondary N) is 3. The Morgan fingerprint density at radius 2 is 1.48 bits per heavy atom. The number of anilines is 3. The first kappa shape index (κ1) is 23.3. The summed E-state index contributed by atoms with van der Waals surface area (Å²) < 4.78 is 10.2. The highest BCUT2D eigenvalue weighted by Gasteiger charge is 2.07. The lowest BCUT2D eigenvalue weighted by Crippen LogP contribution is -2.22. The fourth-order valence-electron chi connectivity index (χ4n) is 2.85. The van der Waals surface area contributed by atoms with Crippen molar-refractivity contribution in [2.75, 3.05) is 17.7 Å². The summed E-state index contributed by atoms with van der Waals surface area (Å²) in [5, 5.41) is 9.99. The molecular formula is C25H26N4O4. The van der Waals surface area contributed by atoms with Crippen LogP contribution in [0.2, 0.25) is 0 Å². The lowest BCUT2D eigenvalue weighted by molar-refractivity contribution is -0.115. The van der Waals surface area contributed by atoms with Gasteiger partial charge in [-0.05, 0) is 61.0 Å². The molecule has 0 saturated carbocycles. The van der Waals surface area contributed by atoms with Gasteiger partial charge in [-0.2, -0.15) is 5.10 Å². The summed E-state index contributed by atoms with van der Waals surface area (Å²) in [6, 6.07) is 24.4. The Kier molecular flexibility index (Phi) is 8.41. The average Bonchev–Trinajstić information content (AvgIpc) is 2.83. The molecule has 3 aromatic rings. The Bertz CT molecular complexity index is 1080. The van der Waals surface area contributed by atoms with E-state index in [-0.39, 0.29) is 18.9 Å². The van der Waals surface area contributed by atoms with Crippen LogP contribution in [0.5, 0.6) is 5.75 Å². The summed E-state index contributed by atoms with van der Waals surface area (Å²) in [4.78, 5) is 24.1. The van der Waals surface area contributed by atoms with Crippen LogP contribution in [0.3, 0.4) is 0 Å². The Morgan fingerprint density at radius 3 is 2.15 bits per heavy atom. The molecular weight excluding hydrogens is 420 g/mol. The predicted octanol–water partition coefficient (Wildman–Crippen LogP) is 5.07. The molecule has 0 unspecified atom stereocenters. The van der Waals surface area contributed by atoms with E-state index in [9.17, 15) is 9.59 Å². The molecule has 33 heavy (non-hydrogen) atoms. The number of rotatable bonds is 9. The van der Waals surface area contributed by atoms with E-state index in [1.807, 2.05) is 54.6 Å². The topological polar surface area (TPSA) is 101 Å². The number of hydrazone groups is 1. The summed E-state index contributed by atoms with van der Waals surface area (Å²) in [5.74, 6) is 0.481. The molecule has 0 aliphatic carbocycles. The largest absolute Gasteiger partial charge is 0.497 e. The number of hydrogen-bond acceptors (Lipinski definition) is 6. The third kappa shape index (κ3) is 8.02. The SMILES string of the molecule is COc1ccc(COC(=O)NN=C(C)CC(=O)Nc2ccc(Nc3ccccc3)cc2)cc1. The maximum absolute atomic E-state index is 12.2. The lowest BCUT2D eigenvalue weighted by Gasteiger charge is -2.09. The first-order valence-electron chi connectivity index (χ1n) is 10.3. The van der Waals surface area contributed by atoms with Crippen molar-refractivity contribution in [3.63, 3.8) is 0 Å². The minimum atomic E-state index is -0.702. The molecule has 0 aliphatic heterocycles. The molecule has 0 aliphatic rings. The molecule has 170 valence electrons. The number of ether oxygens (including phenoxy) is 2. The molecule has 3 aromatic carbocycles. The van der Waals surface area contributed by atoms with Crippen LogP contribution in [0, 0.1) is 0 Å². The van der Waals surface area contributed by atoms with Gasteiger partial charge in [0.05, 0.1) is 13.5 Å². The van der Waals surface area contributed by atoms with Gasteiger partial charge >= 0.3 is 6.09 Å². The average molecular weight is 447 g/mol. The van der Waals surface area contributed by atoms with Crippen molar-refractivity contribution in [1.82, 2.24) is 5.43 Å². The van der Waals surface area contributed by atoms with Gasteiger partial charge in [-0.25, -0.2) is 10.2 Å². The third-order valence-electron chi connectivity index (χ3n) is 4.51. The van der Waals surface area contributed by atoms with E-state index >= 15 is 0 Å². The van der Waals surface area contributed by atoms with Crippen LogP contribution in [0.4, 0.5) is 21.9 Å². The zero-order valence-corrected chi connectivity index (χ0v) is 18.5. The van der Waals surface area contributed by atoms with Crippen molar-refractivity contribution < 1.29 is 19.1 Å². The van der Waals surface area contributed by atoms with E-state index in [0.29, 0.717) is 11.4 Å². The molecule has 0 heterocycles. The normalized spacial score (nSPS) is 10.8. The maximum Gasteiger partial charge on any atom is 0.428 e. The molecule has 0 radical (unpaired) electrons. The van der Waals surface area contributed by atoms with Gasteiger partial charge in [0.25, 0.3) is 0 Å². The minimum Gasteiger partial charge on any atom is -0.497 e. The number of nitrogens with zero attached hydrogens (tertiary/aromatic N) is 1. The highest BCUT2D eigenvalue weighted by molar-refractivity contribution is 6.05. The van der Waals surface area contributed by atoms with Crippen molar-refractivity contribution in [2.24, 2.45) is 5.10 Å². The molecule has 0 aromatic heterocycles. The van der Waals surface area contributed by atoms with Gasteiger partial charge in [-0.3, -0.25) is 4.79 Å². The summed E-state index contributed by atoms with van der Waals surface area (Å²) in [7, 11) is 1.58. The number of carbonyl (C=O) groups is 2. The second kappa shape index (κ2) is 11.9. The first-order valence-corrected chi connectivity index (χ1v) is 10.3. The van der Waals surface area contributed by atoms with Crippen LogP contribution in [-0.4, -0.2) is 24.8 Å². The van der Waals surface area contributed by atoms with Crippen molar-refractivity contribution in [3.05, 3.63) is 84.4 Å². The number of amides is 2. The molecule has 3 N–H and O–H groups in total. The molecule has 0 spiro atoms. The number of hydrogen-bond donors (Lipinski definition) is 3. The number of carbonyl (C=O) groups excluding carboxylic acids is 2. The molecule has 0 bridgehead atoms. The van der Waals surface area contributed by atoms with Crippen LogP contribution >= 0.6 is 0 Å². The number of para-hydroxylation sites is 1. The molecule has 8 heteroatoms. The van der Waals surface area contributed by atoms with Crippen molar-refractivity contribution >= 4 is 34.8 Å². The zero-order valence-electron chi connectivity index (χ0n) is 18.5. The van der Waals surface area contributed by atoms with E-state index < -0.39 is 6.09 Å². The Balaban J connectivity index is 1.40. The zero-order chi connectivity index (χ0) is 23.5. The van der Waals surface area contributed by atoms with Gasteiger partial charge in [0, 0.05) is 22.8 Å². The van der Waals surface area contributed by atoms with Crippen molar-refractivity contribution in [2.45, 2.75) is 20.0 Å². The summed E-state index contributed by atoms with van der Waals surface area (Å²) in [6.45, 7) is 1.75. The highest BCUT2D eigenvalue weighted by atomic mass is 16.6. The molecule has 2 amide bonds. The van der Waals surface area contributed by atoms with Crippen molar-refractivity contribution in [1.29, 1.82) is 0 Å². The first-order chi connectivity index (χ1) is 16.0. The predicted molar refractivity (Wildman–Crippen MR) is 129 cm³/mol. The van der Waals surface area contributed by atoms with Gasteiger partial charge in [0.15, 0.2) is 0 Å². The monoisotopic (exact) mass is 446 g/mol. The second-order valence-electron chi connectivity index (χ2n) is 7.18. The van der Waals surface area contributed by atoms with E-state index in [2.05, 4.69) is 21.2 Å². The van der Waals surface area contributed by atoms with Gasteiger partial charge in [-0.1, -0.05) is 30.3 Å². The van der Waals surface area contributed by atoms with Crippen LogP contribution < -0.4 is 20.8 Å². The van der Waals surface area contributed by atoms with E-state index in [0.717, 1.165) is 22.7 Å². The molecule has 3 rings (SSSR count). The summed E-state index contributed by atoms with van der Waals surface area (Å²) >= 11 is 0. The Hall–Kier alpha value is -4.33. The van der Waals surface area contributed by atoms with Gasteiger partial charge in [0.2, 0.25) is 5.91 Å². The van der Waals surface area contributed by atoms with Crippen LogP contribution in [0.1, 0.15) is 18.9 Å². The highest BCUT2D eigenvalue weighted by Crippen LogP contribution is 2.18. The Labute approximate surface area is 192 Å². The smallest absolute Gasteiger partial charge is 0.428 e. The van der Waals surface area contributed by atoms with Crippen molar-refractivity contribution in [3.8, 4) is 5.75 Å². The standard InChI is InChI=1S/C25H26N4O4/c1-18(28-29-25(31)33-17-19-8-14-23(32-2)15-9-19)16-24(30)27-22-12-10-21(11-13-22)26-20-6-4-3-5-7-20/h3-15,26H,16-17H2,1-2H3,(H,27,30)(H,29,31). The second-order valence-corrected chi connectivity index (χ2v) is 7.18. The summed E-state index contributed by atoms with van der Waals surface area (Å²) in [6.07, 6.45) is -0.671. The molecule has 0 atom stereocenters. The third-order valence-corrected chi connectivity index (χ3v) is 4.51. The minimum absolute atomic E-state index is 0.0305. The summed E-state index contributed by atoms with van der Waals surface area (Å²) in [5.41, 5.74) is 6.10. The lowest BCUT2D eigenvalue weighted by atomic mass is 10.2. The van der Waals surface area contributed by atoms with Gasteiger partial charge in [0.1, 0.15) is 12.4 Å². The quantitative estimate of drug-likeness (QED) is 0.315. The fourth-order valence-corrected chi connectivity index (χ4v) is 2.85. The van der Waals surface area contributed by atoms with E-state index in [1.165, 1.54) is 0 Å². The number of methoxy groups -OCH3 is 1.